The fraction of sp³-hybridized carbons (Fsp3) is 0.571. The second kappa shape index (κ2) is 7.25. The van der Waals surface area contributed by atoms with E-state index < -0.39 is 0 Å². The summed E-state index contributed by atoms with van der Waals surface area (Å²) < 4.78 is 0. The van der Waals surface area contributed by atoms with Gasteiger partial charge in [-0.1, -0.05) is 50.0 Å². The van der Waals surface area contributed by atoms with Crippen LogP contribution in [0, 0.1) is 5.92 Å². The van der Waals surface area contributed by atoms with Crippen LogP contribution in [0.25, 0.3) is 0 Å². The Morgan fingerprint density at radius 1 is 1.18 bits per heavy atom. The van der Waals surface area contributed by atoms with E-state index in [4.69, 9.17) is 23.2 Å². The van der Waals surface area contributed by atoms with Gasteiger partial charge in [0.15, 0.2) is 0 Å². The molecule has 0 heterocycles. The Labute approximate surface area is 115 Å². The van der Waals surface area contributed by atoms with Gasteiger partial charge in [-0.05, 0) is 36.6 Å². The van der Waals surface area contributed by atoms with Gasteiger partial charge >= 0.3 is 0 Å². The SMILES string of the molecule is CCCNCC(c1c(Cl)cccc1Cl)C(C)C. The largest absolute Gasteiger partial charge is 0.316 e. The van der Waals surface area contributed by atoms with Crippen LogP contribution < -0.4 is 5.32 Å². The molecule has 0 saturated carbocycles. The van der Waals surface area contributed by atoms with Gasteiger partial charge in [0.2, 0.25) is 0 Å². The summed E-state index contributed by atoms with van der Waals surface area (Å²) in [4.78, 5) is 0. The third-order valence-corrected chi connectivity index (χ3v) is 3.63. The maximum absolute atomic E-state index is 6.27. The van der Waals surface area contributed by atoms with Crippen molar-refractivity contribution in [3.8, 4) is 0 Å². The third kappa shape index (κ3) is 4.17. The lowest BCUT2D eigenvalue weighted by Gasteiger charge is -2.24. The molecule has 0 aliphatic rings. The Hall–Kier alpha value is -0.240. The first-order valence-corrected chi connectivity index (χ1v) is 6.98. The minimum atomic E-state index is 0.364. The maximum Gasteiger partial charge on any atom is 0.0456 e. The minimum Gasteiger partial charge on any atom is -0.316 e. The minimum absolute atomic E-state index is 0.364. The van der Waals surface area contributed by atoms with E-state index in [1.54, 1.807) is 0 Å². The second-order valence-electron chi connectivity index (χ2n) is 4.69. The zero-order valence-corrected chi connectivity index (χ0v) is 12.3. The Morgan fingerprint density at radius 3 is 2.24 bits per heavy atom. The highest BCUT2D eigenvalue weighted by atomic mass is 35.5. The van der Waals surface area contributed by atoms with Gasteiger partial charge in [-0.15, -0.1) is 0 Å². The Kier molecular flexibility index (Phi) is 6.32. The number of rotatable bonds is 6. The van der Waals surface area contributed by atoms with Crippen LogP contribution >= 0.6 is 23.2 Å². The lowest BCUT2D eigenvalue weighted by atomic mass is 9.88. The van der Waals surface area contributed by atoms with E-state index in [9.17, 15) is 0 Å². The first-order chi connectivity index (χ1) is 8.07. The molecule has 0 radical (unpaired) electrons. The van der Waals surface area contributed by atoms with E-state index in [2.05, 4.69) is 26.1 Å². The van der Waals surface area contributed by atoms with Crippen molar-refractivity contribution in [3.63, 3.8) is 0 Å². The van der Waals surface area contributed by atoms with Gasteiger partial charge < -0.3 is 5.32 Å². The Morgan fingerprint density at radius 2 is 1.76 bits per heavy atom. The summed E-state index contributed by atoms with van der Waals surface area (Å²) >= 11 is 12.5. The fourth-order valence-corrected chi connectivity index (χ4v) is 2.65. The molecule has 1 rings (SSSR count). The van der Waals surface area contributed by atoms with E-state index in [1.165, 1.54) is 0 Å². The predicted molar refractivity (Wildman–Crippen MR) is 77.2 cm³/mol. The van der Waals surface area contributed by atoms with Crippen LogP contribution in [0.4, 0.5) is 0 Å². The molecule has 0 fully saturated rings. The van der Waals surface area contributed by atoms with Crippen LogP contribution in [0.5, 0.6) is 0 Å². The van der Waals surface area contributed by atoms with E-state index in [1.807, 2.05) is 18.2 Å². The summed E-state index contributed by atoms with van der Waals surface area (Å²) in [6.45, 7) is 8.54. The smallest absolute Gasteiger partial charge is 0.0456 e. The molecule has 1 aromatic carbocycles. The zero-order valence-electron chi connectivity index (χ0n) is 10.8. The van der Waals surface area contributed by atoms with Crippen molar-refractivity contribution in [1.29, 1.82) is 0 Å². The molecule has 0 aliphatic heterocycles. The van der Waals surface area contributed by atoms with Gasteiger partial charge in [0, 0.05) is 22.5 Å². The van der Waals surface area contributed by atoms with E-state index in [0.29, 0.717) is 11.8 Å². The Bertz CT molecular complexity index is 330. The van der Waals surface area contributed by atoms with Crippen molar-refractivity contribution in [2.45, 2.75) is 33.1 Å². The molecule has 1 N–H and O–H groups in total. The molecule has 0 amide bonds. The lowest BCUT2D eigenvalue weighted by Crippen LogP contribution is -2.25. The summed E-state index contributed by atoms with van der Waals surface area (Å²) in [5.41, 5.74) is 1.08. The molecular weight excluding hydrogens is 253 g/mol. The molecule has 1 unspecified atom stereocenters. The average Bonchev–Trinajstić information content (AvgIpc) is 2.26. The Balaban J connectivity index is 2.89. The molecule has 0 spiro atoms. The first kappa shape index (κ1) is 14.8. The standard InChI is InChI=1S/C14H21Cl2N/c1-4-8-17-9-11(10(2)3)14-12(15)6-5-7-13(14)16/h5-7,10-11,17H,4,8-9H2,1-3H3. The monoisotopic (exact) mass is 273 g/mol. The summed E-state index contributed by atoms with van der Waals surface area (Å²) in [5, 5.41) is 5.00. The number of hydrogen-bond acceptors (Lipinski definition) is 1. The van der Waals surface area contributed by atoms with Crippen molar-refractivity contribution < 1.29 is 0 Å². The average molecular weight is 274 g/mol. The summed E-state index contributed by atoms with van der Waals surface area (Å²) in [6.07, 6.45) is 1.14. The lowest BCUT2D eigenvalue weighted by molar-refractivity contribution is 0.462. The van der Waals surface area contributed by atoms with E-state index in [-0.39, 0.29) is 0 Å². The molecule has 1 atom stereocenters. The number of benzene rings is 1. The van der Waals surface area contributed by atoms with Crippen LogP contribution in [0.1, 0.15) is 38.7 Å². The molecule has 0 saturated heterocycles. The third-order valence-electron chi connectivity index (χ3n) is 2.97. The van der Waals surface area contributed by atoms with Crippen LogP contribution in [-0.4, -0.2) is 13.1 Å². The molecule has 96 valence electrons. The summed E-state index contributed by atoms with van der Waals surface area (Å²) in [7, 11) is 0. The van der Waals surface area contributed by atoms with E-state index in [0.717, 1.165) is 35.1 Å². The molecule has 1 aromatic rings. The normalized spacial score (nSPS) is 13.1. The van der Waals surface area contributed by atoms with Crippen molar-refractivity contribution in [1.82, 2.24) is 5.32 Å². The fourth-order valence-electron chi connectivity index (χ4n) is 1.97. The highest BCUT2D eigenvalue weighted by Crippen LogP contribution is 2.35. The van der Waals surface area contributed by atoms with Gasteiger partial charge in [-0.3, -0.25) is 0 Å². The second-order valence-corrected chi connectivity index (χ2v) is 5.50. The van der Waals surface area contributed by atoms with Crippen LogP contribution in [-0.2, 0) is 0 Å². The van der Waals surface area contributed by atoms with Gasteiger partial charge in [0.05, 0.1) is 0 Å². The molecule has 1 nitrogen and oxygen atoms in total. The van der Waals surface area contributed by atoms with E-state index >= 15 is 0 Å². The van der Waals surface area contributed by atoms with Crippen LogP contribution in [0.3, 0.4) is 0 Å². The number of nitrogens with one attached hydrogen (secondary N) is 1. The highest BCUT2D eigenvalue weighted by molar-refractivity contribution is 6.36. The topological polar surface area (TPSA) is 12.0 Å². The molecule has 3 heteroatoms. The number of hydrogen-bond donors (Lipinski definition) is 1. The molecule has 17 heavy (non-hydrogen) atoms. The number of halogens is 2. The summed E-state index contributed by atoms with van der Waals surface area (Å²) in [6, 6.07) is 5.72. The van der Waals surface area contributed by atoms with Crippen LogP contribution in [0.2, 0.25) is 10.0 Å². The van der Waals surface area contributed by atoms with Gasteiger partial charge in [0.1, 0.15) is 0 Å². The molecule has 0 aliphatic carbocycles. The van der Waals surface area contributed by atoms with Gasteiger partial charge in [0.25, 0.3) is 0 Å². The molecule has 0 aromatic heterocycles. The van der Waals surface area contributed by atoms with Crippen molar-refractivity contribution in [2.75, 3.05) is 13.1 Å². The van der Waals surface area contributed by atoms with Crippen molar-refractivity contribution in [2.24, 2.45) is 5.92 Å². The quantitative estimate of drug-likeness (QED) is 0.739. The molecule has 0 bridgehead atoms. The summed E-state index contributed by atoms with van der Waals surface area (Å²) in [5.74, 6) is 0.875. The van der Waals surface area contributed by atoms with Crippen molar-refractivity contribution in [3.05, 3.63) is 33.8 Å². The molecular formula is C14H21Cl2N. The maximum atomic E-state index is 6.27. The zero-order chi connectivity index (χ0) is 12.8. The van der Waals surface area contributed by atoms with Gasteiger partial charge in [-0.25, -0.2) is 0 Å². The van der Waals surface area contributed by atoms with Gasteiger partial charge in [-0.2, -0.15) is 0 Å². The van der Waals surface area contributed by atoms with Crippen LogP contribution in [0.15, 0.2) is 18.2 Å². The predicted octanol–water partition coefficient (Wildman–Crippen LogP) is 4.73. The highest BCUT2D eigenvalue weighted by Gasteiger charge is 2.20. The first-order valence-electron chi connectivity index (χ1n) is 6.22. The van der Waals surface area contributed by atoms with Crippen molar-refractivity contribution >= 4 is 23.2 Å².